The Morgan fingerprint density at radius 3 is 2.35 bits per heavy atom. The lowest BCUT2D eigenvalue weighted by molar-refractivity contribution is 0.102. The monoisotopic (exact) mass is 380 g/mol. The number of hydrogen-bond donors (Lipinski definition) is 2. The molecule has 2 aromatic carbocycles. The molecule has 0 aliphatic rings. The lowest BCUT2D eigenvalue weighted by Gasteiger charge is -2.14. The van der Waals surface area contributed by atoms with E-state index in [4.69, 9.17) is 0 Å². The van der Waals surface area contributed by atoms with Crippen molar-refractivity contribution in [3.05, 3.63) is 57.7 Å². The molecule has 0 atom stereocenters. The number of benzene rings is 2. The van der Waals surface area contributed by atoms with E-state index in [2.05, 4.69) is 33.2 Å². The van der Waals surface area contributed by atoms with Gasteiger partial charge in [0.15, 0.2) is 0 Å². The highest BCUT2D eigenvalue weighted by Crippen LogP contribution is 2.18. The second kappa shape index (κ2) is 6.74. The molecule has 1 amide bonds. The number of carbonyl (C=O) groups is 1. The second-order valence-electron chi connectivity index (χ2n) is 4.81. The van der Waals surface area contributed by atoms with E-state index in [1.165, 1.54) is 0 Å². The Morgan fingerprint density at radius 1 is 1.05 bits per heavy atom. The summed E-state index contributed by atoms with van der Waals surface area (Å²) in [4.78, 5) is 12.3. The van der Waals surface area contributed by atoms with E-state index >= 15 is 0 Å². The third-order valence-electron chi connectivity index (χ3n) is 2.72. The van der Waals surface area contributed by atoms with Gasteiger partial charge in [0.05, 0.1) is 5.56 Å². The summed E-state index contributed by atoms with van der Waals surface area (Å²) in [5.74, 6) is -0.102. The minimum absolute atomic E-state index is 0.102. The summed E-state index contributed by atoms with van der Waals surface area (Å²) < 4.78 is 1.14. The molecule has 0 saturated heterocycles. The topological polar surface area (TPSA) is 41.1 Å². The summed E-state index contributed by atoms with van der Waals surface area (Å²) in [6.45, 7) is 4.10. The Morgan fingerprint density at radius 2 is 1.70 bits per heavy atom. The summed E-state index contributed by atoms with van der Waals surface area (Å²) in [5.41, 5.74) is 2.31. The highest BCUT2D eigenvalue weighted by atomic mass is 127. The average Bonchev–Trinajstić information content (AvgIpc) is 2.41. The molecule has 0 bridgehead atoms. The number of nitrogens with one attached hydrogen (secondary N) is 2. The standard InChI is InChI=1S/C16H17IN2O/c1-11(2)18-15-6-4-3-5-14(15)16(20)19-13-9-7-12(17)8-10-13/h3-11,18H,1-2H3,(H,19,20). The normalized spacial score (nSPS) is 10.4. The number of hydrogen-bond acceptors (Lipinski definition) is 2. The first-order valence-corrected chi connectivity index (χ1v) is 7.56. The molecule has 0 unspecified atom stereocenters. The molecular formula is C16H17IN2O. The number of rotatable bonds is 4. The lowest BCUT2D eigenvalue weighted by Crippen LogP contribution is -2.17. The van der Waals surface area contributed by atoms with E-state index in [1.807, 2.05) is 62.4 Å². The highest BCUT2D eigenvalue weighted by Gasteiger charge is 2.11. The fourth-order valence-electron chi connectivity index (χ4n) is 1.85. The maximum atomic E-state index is 12.3. The van der Waals surface area contributed by atoms with Crippen LogP contribution in [0.25, 0.3) is 0 Å². The maximum absolute atomic E-state index is 12.3. The SMILES string of the molecule is CC(C)Nc1ccccc1C(=O)Nc1ccc(I)cc1. The molecule has 2 rings (SSSR count). The Balaban J connectivity index is 2.18. The summed E-state index contributed by atoms with van der Waals surface area (Å²) >= 11 is 2.24. The summed E-state index contributed by atoms with van der Waals surface area (Å²) in [5, 5.41) is 6.20. The molecule has 0 aliphatic heterocycles. The van der Waals surface area contributed by atoms with E-state index in [1.54, 1.807) is 0 Å². The molecule has 2 N–H and O–H groups in total. The van der Waals surface area contributed by atoms with Crippen LogP contribution in [0, 0.1) is 3.57 Å². The van der Waals surface area contributed by atoms with E-state index < -0.39 is 0 Å². The quantitative estimate of drug-likeness (QED) is 0.774. The molecular weight excluding hydrogens is 363 g/mol. The summed E-state index contributed by atoms with van der Waals surface area (Å²) in [6.07, 6.45) is 0. The zero-order valence-electron chi connectivity index (χ0n) is 11.5. The van der Waals surface area contributed by atoms with Crippen LogP contribution in [0.2, 0.25) is 0 Å². The molecule has 0 aromatic heterocycles. The van der Waals surface area contributed by atoms with Crippen molar-refractivity contribution >= 4 is 39.9 Å². The van der Waals surface area contributed by atoms with Gasteiger partial charge in [0.1, 0.15) is 0 Å². The van der Waals surface area contributed by atoms with E-state index in [0.717, 1.165) is 14.9 Å². The first-order valence-electron chi connectivity index (χ1n) is 6.49. The van der Waals surface area contributed by atoms with Gasteiger partial charge in [-0.1, -0.05) is 12.1 Å². The molecule has 0 saturated carbocycles. The van der Waals surface area contributed by atoms with Crippen molar-refractivity contribution in [3.63, 3.8) is 0 Å². The van der Waals surface area contributed by atoms with Crippen molar-refractivity contribution in [3.8, 4) is 0 Å². The smallest absolute Gasteiger partial charge is 0.257 e. The van der Waals surface area contributed by atoms with Crippen molar-refractivity contribution in [2.45, 2.75) is 19.9 Å². The number of anilines is 2. The molecule has 4 heteroatoms. The summed E-state index contributed by atoms with van der Waals surface area (Å²) in [7, 11) is 0. The molecule has 20 heavy (non-hydrogen) atoms. The largest absolute Gasteiger partial charge is 0.382 e. The molecule has 0 fully saturated rings. The molecule has 0 spiro atoms. The van der Waals surface area contributed by atoms with Crippen molar-refractivity contribution in [2.75, 3.05) is 10.6 Å². The van der Waals surface area contributed by atoms with Crippen LogP contribution in [0.3, 0.4) is 0 Å². The van der Waals surface area contributed by atoms with Crippen LogP contribution in [0.5, 0.6) is 0 Å². The van der Waals surface area contributed by atoms with Crippen LogP contribution < -0.4 is 10.6 Å². The third-order valence-corrected chi connectivity index (χ3v) is 3.44. The molecule has 0 radical (unpaired) electrons. The minimum Gasteiger partial charge on any atom is -0.382 e. The van der Waals surface area contributed by atoms with Gasteiger partial charge in [0, 0.05) is 21.0 Å². The van der Waals surface area contributed by atoms with Crippen molar-refractivity contribution in [2.24, 2.45) is 0 Å². The Kier molecular flexibility index (Phi) is 5.00. The Hall–Kier alpha value is -1.56. The van der Waals surface area contributed by atoms with Gasteiger partial charge in [-0.25, -0.2) is 0 Å². The van der Waals surface area contributed by atoms with Crippen molar-refractivity contribution in [1.82, 2.24) is 0 Å². The summed E-state index contributed by atoms with van der Waals surface area (Å²) in [6, 6.07) is 15.6. The fraction of sp³-hybridized carbons (Fsp3) is 0.188. The van der Waals surface area contributed by atoms with Gasteiger partial charge >= 0.3 is 0 Å². The van der Waals surface area contributed by atoms with Gasteiger partial charge in [-0.15, -0.1) is 0 Å². The van der Waals surface area contributed by atoms with Crippen molar-refractivity contribution < 1.29 is 4.79 Å². The Labute approximate surface area is 132 Å². The first-order chi connectivity index (χ1) is 9.56. The predicted octanol–water partition coefficient (Wildman–Crippen LogP) is 4.36. The van der Waals surface area contributed by atoms with Gasteiger partial charge in [0.2, 0.25) is 0 Å². The van der Waals surface area contributed by atoms with E-state index in [-0.39, 0.29) is 11.9 Å². The predicted molar refractivity (Wildman–Crippen MR) is 92.3 cm³/mol. The molecule has 3 nitrogen and oxygen atoms in total. The molecule has 0 heterocycles. The third kappa shape index (κ3) is 3.96. The highest BCUT2D eigenvalue weighted by molar-refractivity contribution is 14.1. The van der Waals surface area contributed by atoms with Crippen LogP contribution in [0.1, 0.15) is 24.2 Å². The molecule has 2 aromatic rings. The van der Waals surface area contributed by atoms with Crippen LogP contribution in [-0.4, -0.2) is 11.9 Å². The number of para-hydroxylation sites is 1. The lowest BCUT2D eigenvalue weighted by atomic mass is 10.1. The van der Waals surface area contributed by atoms with Gasteiger partial charge < -0.3 is 10.6 Å². The first kappa shape index (κ1) is 14.8. The number of carbonyl (C=O) groups excluding carboxylic acids is 1. The second-order valence-corrected chi connectivity index (χ2v) is 6.05. The van der Waals surface area contributed by atoms with Gasteiger partial charge in [-0.05, 0) is 72.8 Å². The van der Waals surface area contributed by atoms with Crippen LogP contribution in [0.15, 0.2) is 48.5 Å². The van der Waals surface area contributed by atoms with Crippen LogP contribution in [-0.2, 0) is 0 Å². The minimum atomic E-state index is -0.102. The van der Waals surface area contributed by atoms with Crippen molar-refractivity contribution in [1.29, 1.82) is 0 Å². The zero-order valence-corrected chi connectivity index (χ0v) is 13.6. The van der Waals surface area contributed by atoms with Gasteiger partial charge in [-0.3, -0.25) is 4.79 Å². The maximum Gasteiger partial charge on any atom is 0.257 e. The number of amides is 1. The molecule has 0 aliphatic carbocycles. The zero-order chi connectivity index (χ0) is 14.5. The van der Waals surface area contributed by atoms with Crippen LogP contribution in [0.4, 0.5) is 11.4 Å². The van der Waals surface area contributed by atoms with Crippen LogP contribution >= 0.6 is 22.6 Å². The van der Waals surface area contributed by atoms with E-state index in [9.17, 15) is 4.79 Å². The molecule has 104 valence electrons. The number of halogens is 1. The van der Waals surface area contributed by atoms with E-state index in [0.29, 0.717) is 5.56 Å². The Bertz CT molecular complexity index is 594. The van der Waals surface area contributed by atoms with Gasteiger partial charge in [0.25, 0.3) is 5.91 Å². The van der Waals surface area contributed by atoms with Gasteiger partial charge in [-0.2, -0.15) is 0 Å². The fourth-order valence-corrected chi connectivity index (χ4v) is 2.21. The average molecular weight is 380 g/mol.